The fourth-order valence-electron chi connectivity index (χ4n) is 2.10. The van der Waals surface area contributed by atoms with Crippen molar-refractivity contribution in [3.05, 3.63) is 37.4 Å². The van der Waals surface area contributed by atoms with Gasteiger partial charge < -0.3 is 5.73 Å². The van der Waals surface area contributed by atoms with E-state index in [1.54, 1.807) is 10.9 Å². The first-order valence-electron chi connectivity index (χ1n) is 6.22. The second kappa shape index (κ2) is 5.48. The van der Waals surface area contributed by atoms with Crippen LogP contribution in [-0.2, 0) is 6.54 Å². The summed E-state index contributed by atoms with van der Waals surface area (Å²) in [5, 5.41) is 5.21. The lowest BCUT2D eigenvalue weighted by atomic mass is 10.1. The Morgan fingerprint density at radius 3 is 2.81 bits per heavy atom. The van der Waals surface area contributed by atoms with E-state index in [0.29, 0.717) is 16.8 Å². The van der Waals surface area contributed by atoms with Crippen molar-refractivity contribution in [3.8, 4) is 0 Å². The Hall–Kier alpha value is -1.29. The minimum absolute atomic E-state index is 0.222. The van der Waals surface area contributed by atoms with Crippen LogP contribution >= 0.6 is 38.5 Å². The zero-order chi connectivity index (χ0) is 15.1. The summed E-state index contributed by atoms with van der Waals surface area (Å²) in [4.78, 5) is 12.9. The second-order valence-electron chi connectivity index (χ2n) is 4.74. The third kappa shape index (κ3) is 2.61. The van der Waals surface area contributed by atoms with Gasteiger partial charge in [-0.1, -0.05) is 0 Å². The summed E-state index contributed by atoms with van der Waals surface area (Å²) in [7, 11) is 0. The van der Waals surface area contributed by atoms with Crippen LogP contribution in [0.1, 0.15) is 16.8 Å². The van der Waals surface area contributed by atoms with Crippen molar-refractivity contribution in [2.24, 2.45) is 0 Å². The molecule has 0 bridgehead atoms. The molecule has 0 radical (unpaired) electrons. The number of halogens is 2. The van der Waals surface area contributed by atoms with Crippen molar-refractivity contribution in [3.63, 3.8) is 0 Å². The van der Waals surface area contributed by atoms with Gasteiger partial charge in [0, 0.05) is 9.77 Å². The number of nitrogens with two attached hydrogens (primary N) is 1. The third-order valence-electron chi connectivity index (χ3n) is 3.29. The lowest BCUT2D eigenvalue weighted by molar-refractivity contribution is 0.684. The molecule has 3 aromatic heterocycles. The number of aromatic nitrogens is 5. The summed E-state index contributed by atoms with van der Waals surface area (Å²) in [5.74, 6) is 0.222. The number of pyridine rings is 1. The zero-order valence-electron chi connectivity index (χ0n) is 11.4. The molecule has 0 aliphatic carbocycles. The van der Waals surface area contributed by atoms with Crippen molar-refractivity contribution >= 4 is 55.5 Å². The van der Waals surface area contributed by atoms with Crippen LogP contribution < -0.4 is 5.73 Å². The number of hydrogen-bond donors (Lipinski definition) is 1. The van der Waals surface area contributed by atoms with E-state index in [0.717, 1.165) is 11.1 Å². The average Bonchev–Trinajstić information content (AvgIpc) is 2.83. The van der Waals surface area contributed by atoms with Gasteiger partial charge in [0.1, 0.15) is 4.60 Å². The van der Waals surface area contributed by atoms with Gasteiger partial charge in [-0.25, -0.2) is 9.67 Å². The highest BCUT2D eigenvalue weighted by Gasteiger charge is 2.13. The molecule has 0 saturated heterocycles. The van der Waals surface area contributed by atoms with Crippen molar-refractivity contribution < 1.29 is 0 Å². The highest BCUT2D eigenvalue weighted by molar-refractivity contribution is 14.1. The largest absolute Gasteiger partial charge is 0.368 e. The highest BCUT2D eigenvalue weighted by atomic mass is 127. The normalized spacial score (nSPS) is 11.2. The van der Waals surface area contributed by atoms with Gasteiger partial charge in [-0.2, -0.15) is 10.1 Å². The molecule has 21 heavy (non-hydrogen) atoms. The van der Waals surface area contributed by atoms with Crippen molar-refractivity contribution in [1.29, 1.82) is 0 Å². The van der Waals surface area contributed by atoms with Crippen LogP contribution in [-0.4, -0.2) is 24.7 Å². The van der Waals surface area contributed by atoms with Crippen molar-refractivity contribution in [2.45, 2.75) is 20.4 Å². The highest BCUT2D eigenvalue weighted by Crippen LogP contribution is 2.23. The molecule has 0 unspecified atom stereocenters. The van der Waals surface area contributed by atoms with Gasteiger partial charge in [0.05, 0.1) is 23.8 Å². The standard InChI is InChI=1S/C13H12BrIN6/c1-6-3-17-9(7(2)10(6)15)5-21-12-8(4-18-21)11(14)19-13(16)20-12/h3-4H,5H2,1-2H3,(H2,16,19,20). The van der Waals surface area contributed by atoms with Crippen molar-refractivity contribution in [1.82, 2.24) is 24.7 Å². The monoisotopic (exact) mass is 458 g/mol. The maximum Gasteiger partial charge on any atom is 0.223 e. The Morgan fingerprint density at radius 1 is 1.29 bits per heavy atom. The fourth-order valence-corrected chi connectivity index (χ4v) is 3.02. The molecule has 0 fully saturated rings. The lowest BCUT2D eigenvalue weighted by Crippen LogP contribution is -2.08. The molecular weight excluding hydrogens is 447 g/mol. The maximum atomic E-state index is 5.71. The predicted octanol–water partition coefficient (Wildman–Crippen LogP) is 2.84. The topological polar surface area (TPSA) is 82.5 Å². The Morgan fingerprint density at radius 2 is 2.05 bits per heavy atom. The molecule has 108 valence electrons. The molecule has 0 atom stereocenters. The molecule has 0 aliphatic heterocycles. The summed E-state index contributed by atoms with van der Waals surface area (Å²) >= 11 is 5.72. The number of nitrogen functional groups attached to an aromatic ring is 1. The minimum Gasteiger partial charge on any atom is -0.368 e. The van der Waals surface area contributed by atoms with Gasteiger partial charge >= 0.3 is 0 Å². The van der Waals surface area contributed by atoms with E-state index in [1.807, 2.05) is 6.20 Å². The predicted molar refractivity (Wildman–Crippen MR) is 93.0 cm³/mol. The molecule has 8 heteroatoms. The Bertz CT molecular complexity index is 844. The molecule has 0 saturated carbocycles. The molecule has 3 aromatic rings. The van der Waals surface area contributed by atoms with Gasteiger partial charge in [-0.15, -0.1) is 0 Å². The fraction of sp³-hybridized carbons (Fsp3) is 0.231. The van der Waals surface area contributed by atoms with Gasteiger partial charge in [0.2, 0.25) is 5.95 Å². The van der Waals surface area contributed by atoms with Crippen LogP contribution in [0, 0.1) is 17.4 Å². The number of nitrogens with zero attached hydrogens (tertiary/aromatic N) is 5. The molecular formula is C13H12BrIN6. The first kappa shape index (κ1) is 14.6. The first-order valence-corrected chi connectivity index (χ1v) is 8.09. The Labute approximate surface area is 143 Å². The number of fused-ring (bicyclic) bond motifs is 1. The van der Waals surface area contributed by atoms with E-state index in [-0.39, 0.29) is 5.95 Å². The number of hydrogen-bond acceptors (Lipinski definition) is 5. The van der Waals surface area contributed by atoms with Gasteiger partial charge in [0.15, 0.2) is 5.65 Å². The van der Waals surface area contributed by atoms with E-state index in [4.69, 9.17) is 5.73 Å². The molecule has 0 spiro atoms. The molecule has 2 N–H and O–H groups in total. The zero-order valence-corrected chi connectivity index (χ0v) is 15.2. The molecule has 0 amide bonds. The molecule has 0 aliphatic rings. The quantitative estimate of drug-likeness (QED) is 0.471. The van der Waals surface area contributed by atoms with Gasteiger partial charge in [-0.3, -0.25) is 4.98 Å². The first-order chi connectivity index (χ1) is 9.97. The van der Waals surface area contributed by atoms with E-state index in [1.165, 1.54) is 14.7 Å². The molecule has 3 heterocycles. The third-order valence-corrected chi connectivity index (χ3v) is 5.55. The maximum absolute atomic E-state index is 5.71. The van der Waals surface area contributed by atoms with Crippen LogP contribution in [0.5, 0.6) is 0 Å². The van der Waals surface area contributed by atoms with Crippen LogP contribution in [0.25, 0.3) is 11.0 Å². The summed E-state index contributed by atoms with van der Waals surface area (Å²) in [6.07, 6.45) is 3.61. The number of anilines is 1. The summed E-state index contributed by atoms with van der Waals surface area (Å²) in [5.41, 5.74) is 9.73. The SMILES string of the molecule is Cc1cnc(Cn2ncc3c(Br)nc(N)nc32)c(C)c1I. The minimum atomic E-state index is 0.222. The van der Waals surface area contributed by atoms with Gasteiger partial charge in [0.25, 0.3) is 0 Å². The Balaban J connectivity index is 2.09. The molecule has 0 aromatic carbocycles. The van der Waals surface area contributed by atoms with Crippen LogP contribution in [0.2, 0.25) is 0 Å². The van der Waals surface area contributed by atoms with Crippen molar-refractivity contribution in [2.75, 3.05) is 5.73 Å². The summed E-state index contributed by atoms with van der Waals surface area (Å²) in [6, 6.07) is 0. The van der Waals surface area contributed by atoms with E-state index in [2.05, 4.69) is 72.4 Å². The number of aryl methyl sites for hydroxylation is 1. The van der Waals surface area contributed by atoms with E-state index >= 15 is 0 Å². The average molecular weight is 459 g/mol. The number of rotatable bonds is 2. The smallest absolute Gasteiger partial charge is 0.223 e. The van der Waals surface area contributed by atoms with E-state index < -0.39 is 0 Å². The van der Waals surface area contributed by atoms with Crippen LogP contribution in [0.3, 0.4) is 0 Å². The van der Waals surface area contributed by atoms with E-state index in [9.17, 15) is 0 Å². The molecule has 3 rings (SSSR count). The Kier molecular flexibility index (Phi) is 3.82. The lowest BCUT2D eigenvalue weighted by Gasteiger charge is -2.09. The second-order valence-corrected chi connectivity index (χ2v) is 6.57. The van der Waals surface area contributed by atoms with Crippen LogP contribution in [0.4, 0.5) is 5.95 Å². The summed E-state index contributed by atoms with van der Waals surface area (Å²) in [6.45, 7) is 4.68. The summed E-state index contributed by atoms with van der Waals surface area (Å²) < 4.78 is 3.67. The van der Waals surface area contributed by atoms with Crippen LogP contribution in [0.15, 0.2) is 17.0 Å². The molecule has 6 nitrogen and oxygen atoms in total. The van der Waals surface area contributed by atoms with Gasteiger partial charge in [-0.05, 0) is 63.5 Å².